The quantitative estimate of drug-likeness (QED) is 0.631. The lowest BCUT2D eigenvalue weighted by molar-refractivity contribution is -0.123. The van der Waals surface area contributed by atoms with Gasteiger partial charge in [-0.2, -0.15) is 5.10 Å². The Morgan fingerprint density at radius 3 is 2.81 bits per heavy atom. The van der Waals surface area contributed by atoms with Gasteiger partial charge in [-0.3, -0.25) is 9.59 Å². The number of hydrogen-bond acceptors (Lipinski definition) is 5. The van der Waals surface area contributed by atoms with Crippen LogP contribution in [0.4, 0.5) is 0 Å². The van der Waals surface area contributed by atoms with E-state index in [9.17, 15) is 9.59 Å². The lowest BCUT2D eigenvalue weighted by Gasteiger charge is -2.10. The molecule has 0 aliphatic heterocycles. The Hall–Kier alpha value is -2.35. The molecule has 1 N–H and O–H groups in total. The molecular formula is C18H15Cl2N3O3S. The fraction of sp³-hybridized carbons (Fsp3) is 0.167. The summed E-state index contributed by atoms with van der Waals surface area (Å²) in [6.45, 7) is 0.283. The molecule has 0 atom stereocenters. The average molecular weight is 424 g/mol. The molecule has 27 heavy (non-hydrogen) atoms. The standard InChI is InChI=1S/C18H15Cl2N3O3S/c19-12-3-1-4-14(18(12)20)26-11-16(24)21-8-9-23-17(25)7-6-13(22-23)15-5-2-10-27-15/h1-7,10H,8-9,11H2,(H,21,24). The van der Waals surface area contributed by atoms with Gasteiger partial charge in [-0.05, 0) is 29.6 Å². The van der Waals surface area contributed by atoms with Crippen LogP contribution >= 0.6 is 34.5 Å². The van der Waals surface area contributed by atoms with Gasteiger partial charge in [0.1, 0.15) is 16.5 Å². The molecule has 1 amide bonds. The van der Waals surface area contributed by atoms with E-state index < -0.39 is 0 Å². The molecular weight excluding hydrogens is 409 g/mol. The zero-order valence-electron chi connectivity index (χ0n) is 14.0. The summed E-state index contributed by atoms with van der Waals surface area (Å²) in [5.41, 5.74) is 0.487. The summed E-state index contributed by atoms with van der Waals surface area (Å²) in [5, 5.41) is 9.56. The molecule has 3 aromatic rings. The van der Waals surface area contributed by atoms with Crippen molar-refractivity contribution in [2.75, 3.05) is 13.2 Å². The Labute approximate surface area is 169 Å². The van der Waals surface area contributed by atoms with Crippen molar-refractivity contribution in [2.45, 2.75) is 6.54 Å². The highest BCUT2D eigenvalue weighted by Crippen LogP contribution is 2.31. The first-order chi connectivity index (χ1) is 13.0. The van der Waals surface area contributed by atoms with Crippen LogP contribution in [0.2, 0.25) is 10.0 Å². The third-order valence-corrected chi connectivity index (χ3v) is 5.25. The minimum atomic E-state index is -0.339. The van der Waals surface area contributed by atoms with Gasteiger partial charge in [0.15, 0.2) is 6.61 Å². The minimum absolute atomic E-state index is 0.211. The van der Waals surface area contributed by atoms with E-state index in [1.54, 1.807) is 35.6 Å². The first kappa shape index (κ1) is 19.4. The number of ether oxygens (including phenoxy) is 1. The molecule has 0 saturated carbocycles. The van der Waals surface area contributed by atoms with E-state index in [0.717, 1.165) is 10.6 Å². The number of halogens is 2. The van der Waals surface area contributed by atoms with Crippen LogP contribution in [-0.4, -0.2) is 28.8 Å². The van der Waals surface area contributed by atoms with Crippen molar-refractivity contribution < 1.29 is 9.53 Å². The molecule has 0 aliphatic carbocycles. The maximum absolute atomic E-state index is 11.9. The summed E-state index contributed by atoms with van der Waals surface area (Å²) < 4.78 is 6.69. The molecule has 9 heteroatoms. The first-order valence-electron chi connectivity index (χ1n) is 8.00. The Morgan fingerprint density at radius 2 is 2.04 bits per heavy atom. The first-order valence-corrected chi connectivity index (χ1v) is 9.64. The van der Waals surface area contributed by atoms with Crippen molar-refractivity contribution in [3.8, 4) is 16.3 Å². The van der Waals surface area contributed by atoms with E-state index in [1.807, 2.05) is 17.5 Å². The largest absolute Gasteiger partial charge is 0.482 e. The van der Waals surface area contributed by atoms with Crippen LogP contribution in [0.15, 0.2) is 52.6 Å². The Kier molecular flexibility index (Phi) is 6.49. The van der Waals surface area contributed by atoms with Gasteiger partial charge in [-0.1, -0.05) is 35.3 Å². The summed E-state index contributed by atoms with van der Waals surface area (Å²) in [6.07, 6.45) is 0. The second-order valence-corrected chi connectivity index (χ2v) is 7.18. The molecule has 6 nitrogen and oxygen atoms in total. The van der Waals surface area contributed by atoms with E-state index >= 15 is 0 Å². The highest BCUT2D eigenvalue weighted by atomic mass is 35.5. The average Bonchev–Trinajstić information content (AvgIpc) is 3.19. The van der Waals surface area contributed by atoms with E-state index in [2.05, 4.69) is 10.4 Å². The number of nitrogens with one attached hydrogen (secondary N) is 1. The van der Waals surface area contributed by atoms with Crippen LogP contribution in [0.25, 0.3) is 10.6 Å². The van der Waals surface area contributed by atoms with Gasteiger partial charge in [-0.15, -0.1) is 11.3 Å². The second kappa shape index (κ2) is 9.03. The number of nitrogens with zero attached hydrogens (tertiary/aromatic N) is 2. The summed E-state index contributed by atoms with van der Waals surface area (Å²) in [6, 6.07) is 11.9. The fourth-order valence-corrected chi connectivity index (χ4v) is 3.29. The van der Waals surface area contributed by atoms with Crippen molar-refractivity contribution in [1.29, 1.82) is 0 Å². The van der Waals surface area contributed by atoms with Crippen LogP contribution in [-0.2, 0) is 11.3 Å². The van der Waals surface area contributed by atoms with Gasteiger partial charge in [0.2, 0.25) is 0 Å². The maximum atomic E-state index is 11.9. The molecule has 2 aromatic heterocycles. The van der Waals surface area contributed by atoms with Crippen molar-refractivity contribution in [3.05, 3.63) is 68.2 Å². The molecule has 0 saturated heterocycles. The van der Waals surface area contributed by atoms with Crippen molar-refractivity contribution in [1.82, 2.24) is 15.1 Å². The van der Waals surface area contributed by atoms with E-state index in [4.69, 9.17) is 27.9 Å². The normalized spacial score (nSPS) is 10.6. The predicted octanol–water partition coefficient (Wildman–Crippen LogP) is 3.47. The lowest BCUT2D eigenvalue weighted by atomic mass is 10.3. The number of rotatable bonds is 7. The fourth-order valence-electron chi connectivity index (χ4n) is 2.26. The topological polar surface area (TPSA) is 73.2 Å². The Bertz CT molecular complexity index is 990. The van der Waals surface area contributed by atoms with E-state index in [1.165, 1.54) is 10.7 Å². The number of carbonyl (C=O) groups excluding carboxylic acids is 1. The molecule has 0 aliphatic rings. The highest BCUT2D eigenvalue weighted by molar-refractivity contribution is 7.13. The summed E-state index contributed by atoms with van der Waals surface area (Å²) in [7, 11) is 0. The third kappa shape index (κ3) is 5.09. The highest BCUT2D eigenvalue weighted by Gasteiger charge is 2.09. The van der Waals surface area contributed by atoms with Crippen LogP contribution < -0.4 is 15.6 Å². The van der Waals surface area contributed by atoms with Crippen molar-refractivity contribution in [3.63, 3.8) is 0 Å². The molecule has 0 radical (unpaired) electrons. The van der Waals surface area contributed by atoms with Gasteiger partial charge in [0, 0.05) is 12.6 Å². The molecule has 0 unspecified atom stereocenters. The third-order valence-electron chi connectivity index (χ3n) is 3.56. The molecule has 0 fully saturated rings. The lowest BCUT2D eigenvalue weighted by Crippen LogP contribution is -2.34. The number of amides is 1. The summed E-state index contributed by atoms with van der Waals surface area (Å²) in [4.78, 5) is 24.8. The number of hydrogen-bond donors (Lipinski definition) is 1. The number of carbonyl (C=O) groups is 1. The van der Waals surface area contributed by atoms with Gasteiger partial charge in [-0.25, -0.2) is 4.68 Å². The van der Waals surface area contributed by atoms with Crippen LogP contribution in [0.1, 0.15) is 0 Å². The van der Waals surface area contributed by atoms with Crippen LogP contribution in [0.5, 0.6) is 5.75 Å². The van der Waals surface area contributed by atoms with Gasteiger partial charge < -0.3 is 10.1 Å². The predicted molar refractivity (Wildman–Crippen MR) is 107 cm³/mol. The molecule has 0 spiro atoms. The van der Waals surface area contributed by atoms with Crippen LogP contribution in [0.3, 0.4) is 0 Å². The smallest absolute Gasteiger partial charge is 0.266 e. The number of aromatic nitrogens is 2. The SMILES string of the molecule is O=C(COc1cccc(Cl)c1Cl)NCCn1nc(-c2cccs2)ccc1=O. The molecule has 140 valence electrons. The summed E-state index contributed by atoms with van der Waals surface area (Å²) in [5.74, 6) is -0.00523. The second-order valence-electron chi connectivity index (χ2n) is 5.45. The van der Waals surface area contributed by atoms with Crippen LogP contribution in [0, 0.1) is 0 Å². The van der Waals surface area contributed by atoms with Gasteiger partial charge in [0.05, 0.1) is 16.4 Å². The molecule has 3 rings (SSSR count). The van der Waals surface area contributed by atoms with Gasteiger partial charge >= 0.3 is 0 Å². The van der Waals surface area contributed by atoms with E-state index in [-0.39, 0.29) is 36.2 Å². The Balaban J connectivity index is 1.52. The van der Waals surface area contributed by atoms with Crippen molar-refractivity contribution >= 4 is 40.4 Å². The molecule has 0 bridgehead atoms. The molecule has 1 aromatic carbocycles. The van der Waals surface area contributed by atoms with Crippen molar-refractivity contribution in [2.24, 2.45) is 0 Å². The zero-order valence-corrected chi connectivity index (χ0v) is 16.4. The van der Waals surface area contributed by atoms with Gasteiger partial charge in [0.25, 0.3) is 11.5 Å². The van der Waals surface area contributed by atoms with E-state index in [0.29, 0.717) is 10.8 Å². The number of thiophene rings is 1. The summed E-state index contributed by atoms with van der Waals surface area (Å²) >= 11 is 13.4. The zero-order chi connectivity index (χ0) is 19.2. The minimum Gasteiger partial charge on any atom is -0.482 e. The number of benzene rings is 1. The monoisotopic (exact) mass is 423 g/mol. The maximum Gasteiger partial charge on any atom is 0.266 e. The molecule has 2 heterocycles. The Morgan fingerprint density at radius 1 is 1.19 bits per heavy atom.